The second-order valence-electron chi connectivity index (χ2n) is 2.99. The van der Waals surface area contributed by atoms with Crippen LogP contribution in [-0.2, 0) is 0 Å². The van der Waals surface area contributed by atoms with E-state index in [0.717, 1.165) is 13.1 Å². The first-order valence-corrected chi connectivity index (χ1v) is 3.73. The van der Waals surface area contributed by atoms with Gasteiger partial charge in [-0.05, 0) is 33.5 Å². The second kappa shape index (κ2) is 5.65. The van der Waals surface area contributed by atoms with Crippen LogP contribution in [0.15, 0.2) is 0 Å². The lowest BCUT2D eigenvalue weighted by molar-refractivity contribution is 0.321. The quantitative estimate of drug-likeness (QED) is 0.339. The number of nitrogens with two attached hydrogens (primary N) is 1. The molecule has 0 saturated heterocycles. The van der Waals surface area contributed by atoms with Crippen LogP contribution in [-0.4, -0.2) is 44.1 Å². The van der Waals surface area contributed by atoms with Gasteiger partial charge in [-0.1, -0.05) is 0 Å². The van der Waals surface area contributed by atoms with Crippen molar-refractivity contribution < 1.29 is 0 Å². The Labute approximate surface area is 63.8 Å². The van der Waals surface area contributed by atoms with Gasteiger partial charge in [0.15, 0.2) is 0 Å². The molecule has 62 valence electrons. The molecule has 0 rings (SSSR count). The molecule has 0 aliphatic rings. The maximum atomic E-state index is 5.43. The zero-order valence-corrected chi connectivity index (χ0v) is 7.30. The largest absolute Gasteiger partial charge is 0.309 e. The number of unbranched alkanes of at least 4 members (excludes halogenated alkanes) is 1. The van der Waals surface area contributed by atoms with Gasteiger partial charge in [0.2, 0.25) is 0 Å². The first kappa shape index (κ1) is 9.88. The molecule has 0 saturated carbocycles. The number of hydrogen-bond acceptors (Lipinski definition) is 3. The first-order chi connectivity index (χ1) is 4.63. The van der Waals surface area contributed by atoms with Gasteiger partial charge in [0, 0.05) is 13.6 Å². The Bertz CT molecular complexity index is 61.3. The van der Waals surface area contributed by atoms with Crippen molar-refractivity contribution in [3.63, 3.8) is 0 Å². The highest BCUT2D eigenvalue weighted by atomic mass is 15.4. The van der Waals surface area contributed by atoms with E-state index >= 15 is 0 Å². The summed E-state index contributed by atoms with van der Waals surface area (Å²) in [6.07, 6.45) is 2.42. The molecule has 0 aliphatic carbocycles. The van der Waals surface area contributed by atoms with Crippen LogP contribution in [0.25, 0.3) is 0 Å². The molecule has 0 aromatic rings. The van der Waals surface area contributed by atoms with E-state index in [9.17, 15) is 0 Å². The highest BCUT2D eigenvalue weighted by Gasteiger charge is 1.92. The van der Waals surface area contributed by atoms with E-state index in [4.69, 9.17) is 5.84 Å². The van der Waals surface area contributed by atoms with Crippen molar-refractivity contribution in [1.29, 1.82) is 0 Å². The topological polar surface area (TPSA) is 32.5 Å². The van der Waals surface area contributed by atoms with Gasteiger partial charge in [-0.15, -0.1) is 0 Å². The van der Waals surface area contributed by atoms with E-state index in [0.29, 0.717) is 0 Å². The van der Waals surface area contributed by atoms with Gasteiger partial charge in [-0.25, -0.2) is 0 Å². The molecule has 10 heavy (non-hydrogen) atoms. The normalized spacial score (nSPS) is 11.4. The number of nitrogens with zero attached hydrogens (tertiary/aromatic N) is 2. The van der Waals surface area contributed by atoms with Crippen molar-refractivity contribution >= 4 is 0 Å². The van der Waals surface area contributed by atoms with Crippen molar-refractivity contribution in [3.8, 4) is 0 Å². The van der Waals surface area contributed by atoms with Crippen molar-refractivity contribution in [1.82, 2.24) is 9.91 Å². The van der Waals surface area contributed by atoms with Crippen LogP contribution in [0.3, 0.4) is 0 Å². The predicted octanol–water partition coefficient (Wildman–Crippen LogP) is 0.134. The minimum Gasteiger partial charge on any atom is -0.309 e. The van der Waals surface area contributed by atoms with Crippen molar-refractivity contribution in [2.75, 3.05) is 34.2 Å². The minimum atomic E-state index is 0.994. The summed E-state index contributed by atoms with van der Waals surface area (Å²) in [5, 5.41) is 1.73. The molecule has 0 unspecified atom stereocenters. The molecule has 2 N–H and O–H groups in total. The van der Waals surface area contributed by atoms with Gasteiger partial charge in [-0.3, -0.25) is 10.9 Å². The monoisotopic (exact) mass is 145 g/mol. The van der Waals surface area contributed by atoms with E-state index in [2.05, 4.69) is 19.0 Å². The molecule has 0 heterocycles. The average molecular weight is 145 g/mol. The fourth-order valence-electron chi connectivity index (χ4n) is 0.789. The smallest absolute Gasteiger partial charge is 0.0125 e. The molecule has 0 radical (unpaired) electrons. The molecule has 0 aromatic heterocycles. The summed E-state index contributed by atoms with van der Waals surface area (Å²) >= 11 is 0. The first-order valence-electron chi connectivity index (χ1n) is 3.73. The molecule has 3 heteroatoms. The van der Waals surface area contributed by atoms with E-state index in [1.54, 1.807) is 5.01 Å². The molecule has 0 fully saturated rings. The van der Waals surface area contributed by atoms with E-state index in [-0.39, 0.29) is 0 Å². The van der Waals surface area contributed by atoms with Gasteiger partial charge >= 0.3 is 0 Å². The summed E-state index contributed by atoms with van der Waals surface area (Å²) in [5.74, 6) is 5.43. The Morgan fingerprint density at radius 3 is 1.90 bits per heavy atom. The van der Waals surface area contributed by atoms with E-state index < -0.39 is 0 Å². The van der Waals surface area contributed by atoms with Crippen LogP contribution in [0.5, 0.6) is 0 Å². The minimum absolute atomic E-state index is 0.994. The fraction of sp³-hybridized carbons (Fsp3) is 1.00. The molecule has 0 aromatic carbocycles. The Morgan fingerprint density at radius 2 is 1.50 bits per heavy atom. The summed E-state index contributed by atoms with van der Waals surface area (Å²) in [6.45, 7) is 2.15. The summed E-state index contributed by atoms with van der Waals surface area (Å²) in [5.41, 5.74) is 0. The molecule has 0 atom stereocenters. The standard InChI is InChI=1S/C7H19N3/c1-9(2)6-4-5-7-10(3)8/h4-8H2,1-3H3. The highest BCUT2D eigenvalue weighted by Crippen LogP contribution is 1.90. The Morgan fingerprint density at radius 1 is 1.00 bits per heavy atom. The average Bonchev–Trinajstić information content (AvgIpc) is 1.79. The third-order valence-electron chi connectivity index (χ3n) is 1.37. The summed E-state index contributed by atoms with van der Waals surface area (Å²) in [6, 6.07) is 0. The lowest BCUT2D eigenvalue weighted by atomic mass is 10.3. The molecule has 0 aliphatic heterocycles. The van der Waals surface area contributed by atoms with E-state index in [1.165, 1.54) is 12.8 Å². The number of hydrazine groups is 1. The van der Waals surface area contributed by atoms with Crippen LogP contribution in [0, 0.1) is 0 Å². The fourth-order valence-corrected chi connectivity index (χ4v) is 0.789. The molecule has 0 bridgehead atoms. The van der Waals surface area contributed by atoms with Gasteiger partial charge in [0.05, 0.1) is 0 Å². The molecular weight excluding hydrogens is 126 g/mol. The van der Waals surface area contributed by atoms with Crippen LogP contribution in [0.4, 0.5) is 0 Å². The zero-order chi connectivity index (χ0) is 7.98. The molecule has 0 spiro atoms. The Hall–Kier alpha value is -0.120. The van der Waals surface area contributed by atoms with Crippen molar-refractivity contribution in [2.45, 2.75) is 12.8 Å². The Balaban J connectivity index is 2.91. The summed E-state index contributed by atoms with van der Waals surface area (Å²) < 4.78 is 0. The van der Waals surface area contributed by atoms with Gasteiger partial charge in [0.25, 0.3) is 0 Å². The zero-order valence-electron chi connectivity index (χ0n) is 7.30. The van der Waals surface area contributed by atoms with Crippen LogP contribution in [0.2, 0.25) is 0 Å². The lowest BCUT2D eigenvalue weighted by Crippen LogP contribution is -2.27. The highest BCUT2D eigenvalue weighted by molar-refractivity contribution is 4.47. The third kappa shape index (κ3) is 7.88. The number of hydrogen-bond donors (Lipinski definition) is 1. The maximum absolute atomic E-state index is 5.43. The van der Waals surface area contributed by atoms with Crippen LogP contribution >= 0.6 is 0 Å². The maximum Gasteiger partial charge on any atom is 0.0125 e. The van der Waals surface area contributed by atoms with Crippen molar-refractivity contribution in [3.05, 3.63) is 0 Å². The molecule has 3 nitrogen and oxygen atoms in total. The van der Waals surface area contributed by atoms with Gasteiger partial charge in [0.1, 0.15) is 0 Å². The van der Waals surface area contributed by atoms with Gasteiger partial charge < -0.3 is 4.90 Å². The van der Waals surface area contributed by atoms with Gasteiger partial charge in [-0.2, -0.15) is 0 Å². The molecule has 0 amide bonds. The Kier molecular flexibility index (Phi) is 5.58. The van der Waals surface area contributed by atoms with Crippen LogP contribution < -0.4 is 5.84 Å². The predicted molar refractivity (Wildman–Crippen MR) is 44.6 cm³/mol. The summed E-state index contributed by atoms with van der Waals surface area (Å²) in [4.78, 5) is 2.19. The number of rotatable bonds is 5. The van der Waals surface area contributed by atoms with Crippen LogP contribution in [0.1, 0.15) is 12.8 Å². The second-order valence-corrected chi connectivity index (χ2v) is 2.99. The SMILES string of the molecule is CN(C)CCCCN(C)N. The van der Waals surface area contributed by atoms with Crippen molar-refractivity contribution in [2.24, 2.45) is 5.84 Å². The summed E-state index contributed by atoms with van der Waals surface area (Å²) in [7, 11) is 6.08. The lowest BCUT2D eigenvalue weighted by Gasteiger charge is -2.11. The van der Waals surface area contributed by atoms with E-state index in [1.807, 2.05) is 7.05 Å². The molecular formula is C7H19N3. The third-order valence-corrected chi connectivity index (χ3v) is 1.37.